The molecule has 1 aromatic rings. The maximum absolute atomic E-state index is 5.70. The molecule has 1 atom stereocenters. The van der Waals surface area contributed by atoms with Gasteiger partial charge in [0.15, 0.2) is 5.22 Å². The summed E-state index contributed by atoms with van der Waals surface area (Å²) in [6.07, 6.45) is 3.40. The van der Waals surface area contributed by atoms with Crippen LogP contribution in [0, 0.1) is 0 Å². The van der Waals surface area contributed by atoms with Crippen LogP contribution in [0.1, 0.15) is 25.5 Å². The smallest absolute Gasteiger partial charge is 0.193 e. The number of nitrogens with one attached hydrogen (secondary N) is 1. The van der Waals surface area contributed by atoms with Crippen molar-refractivity contribution < 1.29 is 4.42 Å². The van der Waals surface area contributed by atoms with E-state index in [9.17, 15) is 0 Å². The molecule has 2 rings (SSSR count). The van der Waals surface area contributed by atoms with Crippen LogP contribution in [0.25, 0.3) is 0 Å². The SMILES string of the molecule is CC1(Cc2ccc(Cl)o2)CCCN1. The highest BCUT2D eigenvalue weighted by molar-refractivity contribution is 6.28. The third-order valence-electron chi connectivity index (χ3n) is 2.65. The molecule has 1 saturated heterocycles. The summed E-state index contributed by atoms with van der Waals surface area (Å²) in [7, 11) is 0. The summed E-state index contributed by atoms with van der Waals surface area (Å²) < 4.78 is 5.34. The molecule has 0 aromatic carbocycles. The van der Waals surface area contributed by atoms with Crippen molar-refractivity contribution in [2.75, 3.05) is 6.54 Å². The van der Waals surface area contributed by atoms with Gasteiger partial charge in [-0.3, -0.25) is 0 Å². The molecule has 72 valence electrons. The molecule has 13 heavy (non-hydrogen) atoms. The maximum atomic E-state index is 5.70. The highest BCUT2D eigenvalue weighted by atomic mass is 35.5. The second-order valence-electron chi connectivity index (χ2n) is 3.97. The summed E-state index contributed by atoms with van der Waals surface area (Å²) >= 11 is 5.70. The van der Waals surface area contributed by atoms with Crippen LogP contribution in [0.4, 0.5) is 0 Å². The molecule has 1 aliphatic heterocycles. The average molecular weight is 200 g/mol. The summed E-state index contributed by atoms with van der Waals surface area (Å²) in [5.41, 5.74) is 0.210. The van der Waals surface area contributed by atoms with Crippen LogP contribution in [0.15, 0.2) is 16.5 Å². The van der Waals surface area contributed by atoms with E-state index in [1.54, 1.807) is 6.07 Å². The lowest BCUT2D eigenvalue weighted by Gasteiger charge is -2.22. The van der Waals surface area contributed by atoms with Gasteiger partial charge in [0.1, 0.15) is 5.76 Å². The molecular weight excluding hydrogens is 186 g/mol. The lowest BCUT2D eigenvalue weighted by molar-refractivity contribution is 0.370. The van der Waals surface area contributed by atoms with Gasteiger partial charge < -0.3 is 9.73 Å². The largest absolute Gasteiger partial charge is 0.450 e. The van der Waals surface area contributed by atoms with Crippen molar-refractivity contribution >= 4 is 11.6 Å². The summed E-state index contributed by atoms with van der Waals surface area (Å²) in [5.74, 6) is 0.974. The number of hydrogen-bond acceptors (Lipinski definition) is 2. The monoisotopic (exact) mass is 199 g/mol. The van der Waals surface area contributed by atoms with Crippen LogP contribution in [0.5, 0.6) is 0 Å². The first-order chi connectivity index (χ1) is 6.18. The van der Waals surface area contributed by atoms with Crippen LogP contribution in [0.2, 0.25) is 5.22 Å². The second kappa shape index (κ2) is 3.35. The van der Waals surface area contributed by atoms with Crippen molar-refractivity contribution in [3.63, 3.8) is 0 Å². The molecule has 1 aromatic heterocycles. The van der Waals surface area contributed by atoms with Crippen LogP contribution in [-0.2, 0) is 6.42 Å². The molecule has 1 N–H and O–H groups in total. The molecule has 2 heterocycles. The number of hydrogen-bond donors (Lipinski definition) is 1. The molecule has 1 aliphatic rings. The van der Waals surface area contributed by atoms with E-state index in [0.29, 0.717) is 5.22 Å². The van der Waals surface area contributed by atoms with Crippen LogP contribution in [-0.4, -0.2) is 12.1 Å². The molecule has 1 fully saturated rings. The topological polar surface area (TPSA) is 25.2 Å². The van der Waals surface area contributed by atoms with Crippen LogP contribution in [0.3, 0.4) is 0 Å². The zero-order chi connectivity index (χ0) is 9.31. The third-order valence-corrected chi connectivity index (χ3v) is 2.85. The minimum Gasteiger partial charge on any atom is -0.450 e. The van der Waals surface area contributed by atoms with Crippen molar-refractivity contribution in [3.8, 4) is 0 Å². The van der Waals surface area contributed by atoms with Gasteiger partial charge in [0.05, 0.1) is 0 Å². The Kier molecular flexibility index (Phi) is 2.35. The number of halogens is 1. The van der Waals surface area contributed by atoms with Gasteiger partial charge >= 0.3 is 0 Å². The molecule has 0 saturated carbocycles. The minimum absolute atomic E-state index is 0.210. The maximum Gasteiger partial charge on any atom is 0.193 e. The molecule has 0 radical (unpaired) electrons. The van der Waals surface area contributed by atoms with E-state index in [1.807, 2.05) is 6.07 Å². The summed E-state index contributed by atoms with van der Waals surface area (Å²) in [5, 5.41) is 3.97. The lowest BCUT2D eigenvalue weighted by Crippen LogP contribution is -2.38. The third kappa shape index (κ3) is 2.06. The fraction of sp³-hybridized carbons (Fsp3) is 0.600. The van der Waals surface area contributed by atoms with E-state index < -0.39 is 0 Å². The zero-order valence-corrected chi connectivity index (χ0v) is 8.53. The Morgan fingerprint density at radius 2 is 2.46 bits per heavy atom. The van der Waals surface area contributed by atoms with Gasteiger partial charge in [-0.15, -0.1) is 0 Å². The minimum atomic E-state index is 0.210. The molecule has 0 amide bonds. The Labute approximate surface area is 83.3 Å². The standard InChI is InChI=1S/C10H14ClNO/c1-10(5-2-6-12-10)7-8-3-4-9(11)13-8/h3-4,12H,2,5-7H2,1H3. The van der Waals surface area contributed by atoms with Crippen LogP contribution < -0.4 is 5.32 Å². The number of furan rings is 1. The normalized spacial score (nSPS) is 28.2. The van der Waals surface area contributed by atoms with Crippen molar-refractivity contribution in [3.05, 3.63) is 23.1 Å². The lowest BCUT2D eigenvalue weighted by atomic mass is 9.95. The van der Waals surface area contributed by atoms with E-state index in [0.717, 1.165) is 18.7 Å². The Morgan fingerprint density at radius 1 is 1.62 bits per heavy atom. The highest BCUT2D eigenvalue weighted by Gasteiger charge is 2.29. The van der Waals surface area contributed by atoms with E-state index in [-0.39, 0.29) is 5.54 Å². The van der Waals surface area contributed by atoms with Gasteiger partial charge in [-0.1, -0.05) is 0 Å². The fourth-order valence-electron chi connectivity index (χ4n) is 1.94. The first kappa shape index (κ1) is 9.10. The van der Waals surface area contributed by atoms with Gasteiger partial charge in [-0.2, -0.15) is 0 Å². The predicted octanol–water partition coefficient (Wildman–Crippen LogP) is 2.62. The van der Waals surface area contributed by atoms with Gasteiger partial charge in [-0.25, -0.2) is 0 Å². The molecule has 3 heteroatoms. The molecule has 2 nitrogen and oxygen atoms in total. The second-order valence-corrected chi connectivity index (χ2v) is 4.35. The number of rotatable bonds is 2. The van der Waals surface area contributed by atoms with E-state index >= 15 is 0 Å². The molecular formula is C10H14ClNO. The van der Waals surface area contributed by atoms with Gasteiger partial charge in [0.25, 0.3) is 0 Å². The predicted molar refractivity (Wildman–Crippen MR) is 53.1 cm³/mol. The van der Waals surface area contributed by atoms with Crippen molar-refractivity contribution in [1.29, 1.82) is 0 Å². The average Bonchev–Trinajstić information content (AvgIpc) is 2.62. The Balaban J connectivity index is 2.04. The summed E-state index contributed by atoms with van der Waals surface area (Å²) in [6.45, 7) is 3.35. The molecule has 0 spiro atoms. The molecule has 0 aliphatic carbocycles. The Morgan fingerprint density at radius 3 is 3.00 bits per heavy atom. The molecule has 1 unspecified atom stereocenters. The Hall–Kier alpha value is -0.470. The fourth-order valence-corrected chi connectivity index (χ4v) is 2.10. The van der Waals surface area contributed by atoms with Crippen LogP contribution >= 0.6 is 11.6 Å². The van der Waals surface area contributed by atoms with E-state index in [2.05, 4.69) is 12.2 Å². The zero-order valence-electron chi connectivity index (χ0n) is 7.77. The van der Waals surface area contributed by atoms with Crippen molar-refractivity contribution in [2.24, 2.45) is 0 Å². The Bertz CT molecular complexity index is 289. The van der Waals surface area contributed by atoms with E-state index in [1.165, 1.54) is 12.8 Å². The highest BCUT2D eigenvalue weighted by Crippen LogP contribution is 2.25. The van der Waals surface area contributed by atoms with E-state index in [4.69, 9.17) is 16.0 Å². The van der Waals surface area contributed by atoms with Crippen molar-refractivity contribution in [2.45, 2.75) is 31.7 Å². The summed E-state index contributed by atoms with van der Waals surface area (Å²) in [4.78, 5) is 0. The quantitative estimate of drug-likeness (QED) is 0.792. The summed E-state index contributed by atoms with van der Waals surface area (Å²) in [6, 6.07) is 3.75. The van der Waals surface area contributed by atoms with Crippen molar-refractivity contribution in [1.82, 2.24) is 5.32 Å². The van der Waals surface area contributed by atoms with Gasteiger partial charge in [-0.05, 0) is 50.0 Å². The van der Waals surface area contributed by atoms with Gasteiger partial charge in [0, 0.05) is 12.0 Å². The molecule has 0 bridgehead atoms. The first-order valence-electron chi connectivity index (χ1n) is 4.67. The van der Waals surface area contributed by atoms with Gasteiger partial charge in [0.2, 0.25) is 0 Å². The first-order valence-corrected chi connectivity index (χ1v) is 5.05.